The van der Waals surface area contributed by atoms with Crippen LogP contribution in [0, 0.1) is 5.82 Å². The molecule has 0 aliphatic carbocycles. The largest absolute Gasteiger partial charge is 0.490 e. The Hall–Kier alpha value is -0.360. The molecule has 0 saturated heterocycles. The molecule has 0 fully saturated rings. The standard InChI is InChI=1S/C13H16FIO2/c14-10-1-2-13-12(8-10)9(3-5-15)7-11(17-13)4-6-16/h1-2,8-9,11,16H,3-7H2. The number of fused-ring (bicyclic) bond motifs is 1. The number of ether oxygens (including phenoxy) is 1. The van der Waals surface area contributed by atoms with E-state index in [4.69, 9.17) is 9.84 Å². The second-order valence-corrected chi connectivity index (χ2v) is 5.42. The molecule has 0 spiro atoms. The first kappa shape index (κ1) is 13.1. The van der Waals surface area contributed by atoms with Gasteiger partial charge in [0, 0.05) is 23.0 Å². The van der Waals surface area contributed by atoms with Gasteiger partial charge in [0.25, 0.3) is 0 Å². The Morgan fingerprint density at radius 3 is 2.94 bits per heavy atom. The summed E-state index contributed by atoms with van der Waals surface area (Å²) < 4.78 is 20.1. The Morgan fingerprint density at radius 1 is 1.41 bits per heavy atom. The first-order chi connectivity index (χ1) is 8.24. The molecule has 1 N–H and O–H groups in total. The normalized spacial score (nSPS) is 23.0. The SMILES string of the molecule is OCCC1CC(CCI)c2cc(F)ccc2O1. The van der Waals surface area contributed by atoms with Crippen LogP contribution in [-0.4, -0.2) is 22.2 Å². The van der Waals surface area contributed by atoms with E-state index in [-0.39, 0.29) is 18.5 Å². The molecule has 1 aromatic carbocycles. The Labute approximate surface area is 114 Å². The van der Waals surface area contributed by atoms with Gasteiger partial charge in [-0.3, -0.25) is 0 Å². The van der Waals surface area contributed by atoms with Gasteiger partial charge in [0.05, 0.1) is 0 Å². The van der Waals surface area contributed by atoms with Gasteiger partial charge in [-0.15, -0.1) is 0 Å². The maximum atomic E-state index is 13.3. The van der Waals surface area contributed by atoms with Crippen molar-refractivity contribution in [3.8, 4) is 5.75 Å². The molecular weight excluding hydrogens is 334 g/mol. The first-order valence-electron chi connectivity index (χ1n) is 5.87. The molecule has 4 heteroatoms. The van der Waals surface area contributed by atoms with Crippen molar-refractivity contribution in [2.75, 3.05) is 11.0 Å². The van der Waals surface area contributed by atoms with Crippen molar-refractivity contribution in [1.29, 1.82) is 0 Å². The van der Waals surface area contributed by atoms with Crippen molar-refractivity contribution in [2.45, 2.75) is 31.3 Å². The first-order valence-corrected chi connectivity index (χ1v) is 7.40. The molecule has 2 unspecified atom stereocenters. The predicted molar refractivity (Wildman–Crippen MR) is 73.4 cm³/mol. The van der Waals surface area contributed by atoms with Crippen LogP contribution in [0.25, 0.3) is 0 Å². The van der Waals surface area contributed by atoms with Crippen LogP contribution in [0.3, 0.4) is 0 Å². The molecule has 2 nitrogen and oxygen atoms in total. The Morgan fingerprint density at radius 2 is 2.24 bits per heavy atom. The van der Waals surface area contributed by atoms with Gasteiger partial charge in [0.15, 0.2) is 0 Å². The van der Waals surface area contributed by atoms with Gasteiger partial charge < -0.3 is 9.84 Å². The van der Waals surface area contributed by atoms with Crippen molar-refractivity contribution in [1.82, 2.24) is 0 Å². The monoisotopic (exact) mass is 350 g/mol. The van der Waals surface area contributed by atoms with Crippen molar-refractivity contribution in [3.05, 3.63) is 29.6 Å². The van der Waals surface area contributed by atoms with Crippen LogP contribution in [0.1, 0.15) is 30.7 Å². The summed E-state index contributed by atoms with van der Waals surface area (Å²) in [6.07, 6.45) is 2.61. The number of halogens is 2. The molecule has 94 valence electrons. The van der Waals surface area contributed by atoms with E-state index < -0.39 is 0 Å². The fourth-order valence-electron chi connectivity index (χ4n) is 2.34. The summed E-state index contributed by atoms with van der Waals surface area (Å²) in [5, 5.41) is 8.99. The van der Waals surface area contributed by atoms with Gasteiger partial charge in [0.2, 0.25) is 0 Å². The fraction of sp³-hybridized carbons (Fsp3) is 0.538. The van der Waals surface area contributed by atoms with Gasteiger partial charge in [-0.1, -0.05) is 22.6 Å². The van der Waals surface area contributed by atoms with Crippen LogP contribution in [0.2, 0.25) is 0 Å². The van der Waals surface area contributed by atoms with E-state index in [9.17, 15) is 4.39 Å². The highest BCUT2D eigenvalue weighted by molar-refractivity contribution is 14.1. The van der Waals surface area contributed by atoms with Crippen molar-refractivity contribution in [2.24, 2.45) is 0 Å². The zero-order valence-electron chi connectivity index (χ0n) is 9.53. The van der Waals surface area contributed by atoms with Gasteiger partial charge in [-0.25, -0.2) is 4.39 Å². The van der Waals surface area contributed by atoms with E-state index in [1.54, 1.807) is 12.1 Å². The Kier molecular flexibility index (Phi) is 4.62. The van der Waals surface area contributed by atoms with E-state index in [2.05, 4.69) is 22.6 Å². The topological polar surface area (TPSA) is 29.5 Å². The lowest BCUT2D eigenvalue weighted by molar-refractivity contribution is 0.122. The summed E-state index contributed by atoms with van der Waals surface area (Å²) >= 11 is 2.34. The highest BCUT2D eigenvalue weighted by Crippen LogP contribution is 2.39. The molecule has 0 bridgehead atoms. The molecule has 0 aromatic heterocycles. The summed E-state index contributed by atoms with van der Waals surface area (Å²) in [6, 6.07) is 4.72. The maximum absolute atomic E-state index is 13.3. The number of hydrogen-bond acceptors (Lipinski definition) is 2. The van der Waals surface area contributed by atoms with E-state index in [0.29, 0.717) is 12.3 Å². The van der Waals surface area contributed by atoms with Crippen LogP contribution in [-0.2, 0) is 0 Å². The summed E-state index contributed by atoms with van der Waals surface area (Å²) in [5.41, 5.74) is 0.982. The highest BCUT2D eigenvalue weighted by Gasteiger charge is 2.27. The lowest BCUT2D eigenvalue weighted by Crippen LogP contribution is -2.27. The molecule has 2 rings (SSSR count). The van der Waals surface area contributed by atoms with Crippen molar-refractivity contribution in [3.63, 3.8) is 0 Å². The molecule has 0 radical (unpaired) electrons. The second-order valence-electron chi connectivity index (χ2n) is 4.34. The highest BCUT2D eigenvalue weighted by atomic mass is 127. The minimum atomic E-state index is -0.202. The summed E-state index contributed by atoms with van der Waals surface area (Å²) in [4.78, 5) is 0. The van der Waals surface area contributed by atoms with Gasteiger partial charge >= 0.3 is 0 Å². The second kappa shape index (κ2) is 6.00. The fourth-order valence-corrected chi connectivity index (χ4v) is 3.10. The zero-order valence-corrected chi connectivity index (χ0v) is 11.7. The zero-order chi connectivity index (χ0) is 12.3. The van der Waals surface area contributed by atoms with Gasteiger partial charge in [-0.05, 0) is 37.0 Å². The summed E-state index contributed by atoms with van der Waals surface area (Å²) in [5.74, 6) is 0.931. The van der Waals surface area contributed by atoms with Crippen LogP contribution in [0.5, 0.6) is 5.75 Å². The van der Waals surface area contributed by atoms with E-state index in [1.807, 2.05) is 0 Å². The van der Waals surface area contributed by atoms with E-state index >= 15 is 0 Å². The lowest BCUT2D eigenvalue weighted by atomic mass is 9.87. The number of alkyl halides is 1. The maximum Gasteiger partial charge on any atom is 0.123 e. The smallest absolute Gasteiger partial charge is 0.123 e. The average Bonchev–Trinajstić information content (AvgIpc) is 2.31. The number of aliphatic hydroxyl groups excluding tert-OH is 1. The third-order valence-corrected chi connectivity index (χ3v) is 3.78. The molecule has 0 saturated carbocycles. The lowest BCUT2D eigenvalue weighted by Gasteiger charge is -2.32. The molecule has 2 atom stereocenters. The molecular formula is C13H16FIO2. The third kappa shape index (κ3) is 3.10. The molecule has 1 heterocycles. The molecule has 0 amide bonds. The van der Waals surface area contributed by atoms with Crippen LogP contribution in [0.4, 0.5) is 4.39 Å². The molecule has 17 heavy (non-hydrogen) atoms. The molecule has 1 aromatic rings. The van der Waals surface area contributed by atoms with Crippen LogP contribution < -0.4 is 4.74 Å². The minimum absolute atomic E-state index is 0.0610. The summed E-state index contributed by atoms with van der Waals surface area (Å²) in [7, 11) is 0. The third-order valence-electron chi connectivity index (χ3n) is 3.16. The molecule has 1 aliphatic rings. The number of aliphatic hydroxyl groups is 1. The van der Waals surface area contributed by atoms with Crippen molar-refractivity contribution >= 4 is 22.6 Å². The molecule has 1 aliphatic heterocycles. The number of hydrogen-bond donors (Lipinski definition) is 1. The van der Waals surface area contributed by atoms with Crippen LogP contribution in [0.15, 0.2) is 18.2 Å². The quantitative estimate of drug-likeness (QED) is 0.667. The minimum Gasteiger partial charge on any atom is -0.490 e. The van der Waals surface area contributed by atoms with Crippen molar-refractivity contribution < 1.29 is 14.2 Å². The Balaban J connectivity index is 2.25. The summed E-state index contributed by atoms with van der Waals surface area (Å²) in [6.45, 7) is 0.137. The number of benzene rings is 1. The average molecular weight is 350 g/mol. The van der Waals surface area contributed by atoms with Gasteiger partial charge in [-0.2, -0.15) is 0 Å². The van der Waals surface area contributed by atoms with Crippen LogP contribution >= 0.6 is 22.6 Å². The Bertz CT molecular complexity index is 384. The van der Waals surface area contributed by atoms with E-state index in [0.717, 1.165) is 28.6 Å². The van der Waals surface area contributed by atoms with E-state index in [1.165, 1.54) is 6.07 Å². The number of rotatable bonds is 4. The predicted octanol–water partition coefficient (Wildman–Crippen LogP) is 3.27. The van der Waals surface area contributed by atoms with Gasteiger partial charge in [0.1, 0.15) is 17.7 Å².